The average Bonchev–Trinajstić information content (AvgIpc) is 2.07. The molecule has 3 nitrogen and oxygen atoms in total. The summed E-state index contributed by atoms with van der Waals surface area (Å²) in [5, 5.41) is 9.97. The van der Waals surface area contributed by atoms with Gasteiger partial charge in [-0.15, -0.1) is 0 Å². The van der Waals surface area contributed by atoms with Gasteiger partial charge in [0.25, 0.3) is 5.19 Å². The fraction of sp³-hybridized carbons (Fsp3) is 0.625. The first-order chi connectivity index (χ1) is 5.38. The van der Waals surface area contributed by atoms with E-state index in [-0.39, 0.29) is 10.7 Å². The van der Waals surface area contributed by atoms with Gasteiger partial charge in [0.2, 0.25) is 0 Å². The Balaban J connectivity index is 2.77. The number of aryl methyl sites for hydroxylation is 1. The number of rotatable bonds is 1. The Hall–Kier alpha value is -0.770. The summed E-state index contributed by atoms with van der Waals surface area (Å²) in [6.07, 6.45) is 0. The molecule has 0 radical (unpaired) electrons. The quantitative estimate of drug-likeness (QED) is 0.733. The van der Waals surface area contributed by atoms with Crippen molar-refractivity contribution in [2.45, 2.75) is 33.3 Å². The number of aromatic nitrogens is 1. The summed E-state index contributed by atoms with van der Waals surface area (Å²) >= 11 is 1.16. The van der Waals surface area contributed by atoms with Gasteiger partial charge in [-0.1, -0.05) is 0 Å². The number of thiazole rings is 1. The van der Waals surface area contributed by atoms with Crippen molar-refractivity contribution in [3.63, 3.8) is 0 Å². The second-order valence-electron chi connectivity index (χ2n) is 3.58. The van der Waals surface area contributed by atoms with Gasteiger partial charge < -0.3 is 9.84 Å². The van der Waals surface area contributed by atoms with E-state index in [9.17, 15) is 5.11 Å². The molecule has 1 aromatic heterocycles. The van der Waals surface area contributed by atoms with Crippen LogP contribution < -0.4 is 4.74 Å². The van der Waals surface area contributed by atoms with E-state index in [2.05, 4.69) is 4.98 Å². The SMILES string of the molecule is Cc1nc(OC(C)(C)C)sc1O. The van der Waals surface area contributed by atoms with Crippen molar-refractivity contribution in [1.82, 2.24) is 4.98 Å². The van der Waals surface area contributed by atoms with Crippen LogP contribution in [0.3, 0.4) is 0 Å². The summed E-state index contributed by atoms with van der Waals surface area (Å²) in [6, 6.07) is 0. The smallest absolute Gasteiger partial charge is 0.277 e. The van der Waals surface area contributed by atoms with Crippen molar-refractivity contribution in [2.75, 3.05) is 0 Å². The molecule has 12 heavy (non-hydrogen) atoms. The van der Waals surface area contributed by atoms with Crippen molar-refractivity contribution < 1.29 is 9.84 Å². The standard InChI is InChI=1S/C8H13NO2S/c1-5-6(10)12-7(9-5)11-8(2,3)4/h10H,1-4H3. The Morgan fingerprint density at radius 3 is 2.33 bits per heavy atom. The maximum atomic E-state index is 9.21. The summed E-state index contributed by atoms with van der Waals surface area (Å²) in [7, 11) is 0. The molecule has 4 heteroatoms. The molecule has 1 aromatic rings. The number of nitrogens with zero attached hydrogens (tertiary/aromatic N) is 1. The minimum Gasteiger partial charge on any atom is -0.498 e. The zero-order chi connectivity index (χ0) is 9.35. The second-order valence-corrected chi connectivity index (χ2v) is 4.52. The van der Waals surface area contributed by atoms with Gasteiger partial charge in [-0.25, -0.2) is 4.98 Å². The van der Waals surface area contributed by atoms with Crippen LogP contribution in [0.5, 0.6) is 10.3 Å². The molecule has 0 fully saturated rings. The molecule has 0 aliphatic heterocycles. The van der Waals surface area contributed by atoms with Gasteiger partial charge in [-0.3, -0.25) is 0 Å². The highest BCUT2D eigenvalue weighted by molar-refractivity contribution is 7.15. The number of hydrogen-bond donors (Lipinski definition) is 1. The maximum absolute atomic E-state index is 9.21. The normalized spacial score (nSPS) is 11.7. The molecule has 0 spiro atoms. The average molecular weight is 187 g/mol. The van der Waals surface area contributed by atoms with Crippen LogP contribution in [0.25, 0.3) is 0 Å². The molecular weight excluding hydrogens is 174 g/mol. The molecule has 0 aromatic carbocycles. The van der Waals surface area contributed by atoms with Crippen LogP contribution in [0.1, 0.15) is 26.5 Å². The molecule has 1 rings (SSSR count). The first kappa shape index (κ1) is 9.32. The molecule has 68 valence electrons. The van der Waals surface area contributed by atoms with Crippen LogP contribution in [0.2, 0.25) is 0 Å². The largest absolute Gasteiger partial charge is 0.498 e. The topological polar surface area (TPSA) is 42.4 Å². The van der Waals surface area contributed by atoms with Gasteiger partial charge in [0.15, 0.2) is 5.06 Å². The van der Waals surface area contributed by atoms with Gasteiger partial charge >= 0.3 is 0 Å². The lowest BCUT2D eigenvalue weighted by molar-refractivity contribution is 0.130. The first-order valence-electron chi connectivity index (χ1n) is 3.74. The Morgan fingerprint density at radius 2 is 2.00 bits per heavy atom. The fourth-order valence-corrected chi connectivity index (χ4v) is 1.50. The predicted octanol–water partition coefficient (Wildman–Crippen LogP) is 2.33. The molecule has 0 unspecified atom stereocenters. The van der Waals surface area contributed by atoms with E-state index >= 15 is 0 Å². The van der Waals surface area contributed by atoms with Crippen LogP contribution in [0.15, 0.2) is 0 Å². The number of hydrogen-bond acceptors (Lipinski definition) is 4. The Bertz CT molecular complexity index is 256. The van der Waals surface area contributed by atoms with Crippen molar-refractivity contribution >= 4 is 11.3 Å². The molecule has 0 saturated heterocycles. The minimum absolute atomic E-state index is 0.231. The third kappa shape index (κ3) is 2.37. The number of aromatic hydroxyl groups is 1. The van der Waals surface area contributed by atoms with Crippen molar-refractivity contribution in [2.24, 2.45) is 0 Å². The molecule has 0 aliphatic carbocycles. The Kier molecular flexibility index (Phi) is 2.28. The van der Waals surface area contributed by atoms with Gasteiger partial charge in [0, 0.05) is 0 Å². The molecular formula is C8H13NO2S. The molecule has 1 N–H and O–H groups in total. The fourth-order valence-electron chi connectivity index (χ4n) is 0.670. The third-order valence-corrected chi connectivity index (χ3v) is 1.98. The first-order valence-corrected chi connectivity index (χ1v) is 4.55. The summed E-state index contributed by atoms with van der Waals surface area (Å²) in [4.78, 5) is 4.04. The van der Waals surface area contributed by atoms with Crippen LogP contribution in [0.4, 0.5) is 0 Å². The molecule has 0 aliphatic rings. The second kappa shape index (κ2) is 2.94. The van der Waals surface area contributed by atoms with Crippen molar-refractivity contribution in [1.29, 1.82) is 0 Å². The van der Waals surface area contributed by atoms with E-state index in [4.69, 9.17) is 4.74 Å². The Labute approximate surface area is 76.0 Å². The maximum Gasteiger partial charge on any atom is 0.277 e. The summed E-state index contributed by atoms with van der Waals surface area (Å²) in [5.74, 6) is 0. The van der Waals surface area contributed by atoms with Crippen molar-refractivity contribution in [3.8, 4) is 10.3 Å². The van der Waals surface area contributed by atoms with Crippen LogP contribution in [-0.4, -0.2) is 15.7 Å². The summed E-state index contributed by atoms with van der Waals surface area (Å²) in [6.45, 7) is 7.59. The highest BCUT2D eigenvalue weighted by Crippen LogP contribution is 2.32. The lowest BCUT2D eigenvalue weighted by atomic mass is 10.2. The van der Waals surface area contributed by atoms with Gasteiger partial charge in [-0.05, 0) is 39.0 Å². The highest BCUT2D eigenvalue weighted by Gasteiger charge is 2.15. The summed E-state index contributed by atoms with van der Waals surface area (Å²) < 4.78 is 5.45. The van der Waals surface area contributed by atoms with Crippen molar-refractivity contribution in [3.05, 3.63) is 5.69 Å². The number of ether oxygens (including phenoxy) is 1. The lowest BCUT2D eigenvalue weighted by Gasteiger charge is -2.18. The lowest BCUT2D eigenvalue weighted by Crippen LogP contribution is -2.22. The molecule has 0 amide bonds. The molecule has 0 bridgehead atoms. The zero-order valence-corrected chi connectivity index (χ0v) is 8.53. The van der Waals surface area contributed by atoms with E-state index in [1.54, 1.807) is 6.92 Å². The summed E-state index contributed by atoms with van der Waals surface area (Å²) in [5.41, 5.74) is 0.371. The van der Waals surface area contributed by atoms with Crippen LogP contribution in [-0.2, 0) is 0 Å². The molecule has 1 heterocycles. The van der Waals surface area contributed by atoms with Crippen LogP contribution >= 0.6 is 11.3 Å². The van der Waals surface area contributed by atoms with E-state index in [0.717, 1.165) is 11.3 Å². The van der Waals surface area contributed by atoms with Gasteiger partial charge in [0.05, 0.1) is 5.69 Å². The monoisotopic (exact) mass is 187 g/mol. The van der Waals surface area contributed by atoms with E-state index in [0.29, 0.717) is 10.9 Å². The van der Waals surface area contributed by atoms with Gasteiger partial charge in [-0.2, -0.15) is 0 Å². The Morgan fingerprint density at radius 1 is 1.42 bits per heavy atom. The highest BCUT2D eigenvalue weighted by atomic mass is 32.1. The molecule has 0 saturated carbocycles. The van der Waals surface area contributed by atoms with Crippen LogP contribution in [0, 0.1) is 6.92 Å². The minimum atomic E-state index is -0.253. The van der Waals surface area contributed by atoms with E-state index in [1.807, 2.05) is 20.8 Å². The molecule has 0 atom stereocenters. The van der Waals surface area contributed by atoms with Gasteiger partial charge in [0.1, 0.15) is 5.60 Å². The predicted molar refractivity (Wildman–Crippen MR) is 48.9 cm³/mol. The third-order valence-electron chi connectivity index (χ3n) is 1.15. The van der Waals surface area contributed by atoms with E-state index in [1.165, 1.54) is 0 Å². The zero-order valence-electron chi connectivity index (χ0n) is 7.71. The van der Waals surface area contributed by atoms with E-state index < -0.39 is 0 Å².